The van der Waals surface area contributed by atoms with Crippen molar-refractivity contribution in [2.24, 2.45) is 0 Å². The van der Waals surface area contributed by atoms with Crippen LogP contribution in [0.25, 0.3) is 0 Å². The van der Waals surface area contributed by atoms with Gasteiger partial charge in [-0.2, -0.15) is 0 Å². The fourth-order valence-electron chi connectivity index (χ4n) is 1.59. The monoisotopic (exact) mass is 271 g/mol. The summed E-state index contributed by atoms with van der Waals surface area (Å²) in [6.07, 6.45) is 0. The van der Waals surface area contributed by atoms with Crippen LogP contribution in [-0.4, -0.2) is 39.3 Å². The van der Waals surface area contributed by atoms with Gasteiger partial charge in [-0.25, -0.2) is 4.79 Å². The van der Waals surface area contributed by atoms with Crippen molar-refractivity contribution in [3.05, 3.63) is 21.7 Å². The lowest BCUT2D eigenvalue weighted by atomic mass is 10.1. The Morgan fingerprint density at radius 3 is 2.05 bits per heavy atom. The molecule has 1 aromatic carbocycles. The number of nitrogens with zero attached hydrogens (tertiary/aromatic N) is 1. The third kappa shape index (κ3) is 2.51. The molecule has 0 aromatic heterocycles. The zero-order chi connectivity index (χ0) is 14.6. The van der Waals surface area contributed by atoms with Crippen molar-refractivity contribution in [3.63, 3.8) is 0 Å². The molecule has 0 radical (unpaired) electrons. The highest BCUT2D eigenvalue weighted by Gasteiger charge is 2.32. The Kier molecular flexibility index (Phi) is 4.51. The van der Waals surface area contributed by atoms with Crippen molar-refractivity contribution in [2.45, 2.75) is 0 Å². The zero-order valence-electron chi connectivity index (χ0n) is 10.9. The van der Waals surface area contributed by atoms with E-state index in [1.54, 1.807) is 0 Å². The summed E-state index contributed by atoms with van der Waals surface area (Å²) < 4.78 is 19.4. The van der Waals surface area contributed by atoms with Gasteiger partial charge in [-0.15, -0.1) is 0 Å². The van der Waals surface area contributed by atoms with Gasteiger partial charge in [0.1, 0.15) is 5.56 Å². The highest BCUT2D eigenvalue weighted by atomic mass is 16.6. The second-order valence-corrected chi connectivity index (χ2v) is 3.29. The second kappa shape index (κ2) is 5.89. The third-order valence-electron chi connectivity index (χ3n) is 2.39. The number of benzene rings is 1. The standard InChI is InChI=1S/C11H13NO7/c1-16-7-5-6(11(13)19-4)9(17-2)8(12(14)15)10(7)18-3/h5H,1-4H3. The molecule has 8 heteroatoms. The first kappa shape index (κ1) is 14.6. The topological polar surface area (TPSA) is 97.1 Å². The minimum absolute atomic E-state index is 0.0374. The molecule has 0 N–H and O–H groups in total. The molecular weight excluding hydrogens is 258 g/mol. The van der Waals surface area contributed by atoms with Crippen LogP contribution in [0.15, 0.2) is 6.07 Å². The van der Waals surface area contributed by atoms with E-state index in [-0.39, 0.29) is 22.8 Å². The predicted octanol–water partition coefficient (Wildman–Crippen LogP) is 1.41. The van der Waals surface area contributed by atoms with Crippen LogP contribution in [0.1, 0.15) is 10.4 Å². The predicted molar refractivity (Wildman–Crippen MR) is 64.1 cm³/mol. The minimum atomic E-state index is -0.777. The highest BCUT2D eigenvalue weighted by molar-refractivity contribution is 5.96. The van der Waals surface area contributed by atoms with Crippen LogP contribution in [0.3, 0.4) is 0 Å². The van der Waals surface area contributed by atoms with E-state index in [9.17, 15) is 14.9 Å². The van der Waals surface area contributed by atoms with Crippen molar-refractivity contribution in [2.75, 3.05) is 28.4 Å². The molecule has 0 fully saturated rings. The number of carbonyl (C=O) groups excluding carboxylic acids is 1. The number of methoxy groups -OCH3 is 4. The summed E-state index contributed by atoms with van der Waals surface area (Å²) >= 11 is 0. The summed E-state index contributed by atoms with van der Waals surface area (Å²) in [6.45, 7) is 0. The Morgan fingerprint density at radius 2 is 1.68 bits per heavy atom. The Hall–Kier alpha value is -2.51. The van der Waals surface area contributed by atoms with Gasteiger partial charge >= 0.3 is 11.7 Å². The Morgan fingerprint density at radius 1 is 1.11 bits per heavy atom. The number of nitro benzene ring substituents is 1. The fourth-order valence-corrected chi connectivity index (χ4v) is 1.59. The molecule has 0 heterocycles. The smallest absolute Gasteiger partial charge is 0.357 e. The first-order valence-corrected chi connectivity index (χ1v) is 5.07. The average molecular weight is 271 g/mol. The molecule has 1 rings (SSSR count). The van der Waals surface area contributed by atoms with Crippen LogP contribution in [0, 0.1) is 10.1 Å². The molecule has 0 spiro atoms. The van der Waals surface area contributed by atoms with Gasteiger partial charge < -0.3 is 18.9 Å². The fraction of sp³-hybridized carbons (Fsp3) is 0.364. The van der Waals surface area contributed by atoms with Crippen molar-refractivity contribution in [3.8, 4) is 17.2 Å². The summed E-state index contributed by atoms with van der Waals surface area (Å²) in [4.78, 5) is 22.0. The van der Waals surface area contributed by atoms with Crippen LogP contribution in [0.2, 0.25) is 0 Å². The number of ether oxygens (including phenoxy) is 4. The van der Waals surface area contributed by atoms with E-state index in [1.165, 1.54) is 27.4 Å². The van der Waals surface area contributed by atoms with Gasteiger partial charge in [0.15, 0.2) is 5.75 Å². The van der Waals surface area contributed by atoms with Gasteiger partial charge in [0, 0.05) is 6.07 Å². The molecule has 19 heavy (non-hydrogen) atoms. The van der Waals surface area contributed by atoms with E-state index in [0.717, 1.165) is 7.11 Å². The average Bonchev–Trinajstić information content (AvgIpc) is 2.43. The molecule has 0 aliphatic rings. The van der Waals surface area contributed by atoms with Crippen molar-refractivity contribution in [1.82, 2.24) is 0 Å². The quantitative estimate of drug-likeness (QED) is 0.453. The maximum absolute atomic E-state index is 11.6. The molecule has 0 aliphatic heterocycles. The van der Waals surface area contributed by atoms with Gasteiger partial charge in [0.25, 0.3) is 0 Å². The molecule has 0 aliphatic carbocycles. The second-order valence-electron chi connectivity index (χ2n) is 3.29. The van der Waals surface area contributed by atoms with Gasteiger partial charge in [-0.3, -0.25) is 10.1 Å². The number of hydrogen-bond donors (Lipinski definition) is 0. The van der Waals surface area contributed by atoms with Crippen molar-refractivity contribution < 1.29 is 28.7 Å². The molecule has 0 saturated carbocycles. The van der Waals surface area contributed by atoms with Gasteiger partial charge in [0.2, 0.25) is 11.5 Å². The molecule has 0 unspecified atom stereocenters. The van der Waals surface area contributed by atoms with E-state index >= 15 is 0 Å². The molecule has 0 atom stereocenters. The van der Waals surface area contributed by atoms with Gasteiger partial charge in [-0.05, 0) is 0 Å². The first-order chi connectivity index (χ1) is 9.01. The molecule has 0 amide bonds. The Balaban J connectivity index is 3.72. The van der Waals surface area contributed by atoms with Crippen LogP contribution in [0.4, 0.5) is 5.69 Å². The number of carbonyl (C=O) groups is 1. The molecule has 0 bridgehead atoms. The Bertz CT molecular complexity index is 512. The summed E-state index contributed by atoms with van der Waals surface area (Å²) in [5, 5.41) is 11.1. The molecule has 0 saturated heterocycles. The number of rotatable bonds is 5. The SMILES string of the molecule is COC(=O)c1cc(OC)c(OC)c([N+](=O)[O-])c1OC. The number of hydrogen-bond acceptors (Lipinski definition) is 7. The lowest BCUT2D eigenvalue weighted by molar-refractivity contribution is -0.386. The molecular formula is C11H13NO7. The van der Waals surface area contributed by atoms with Crippen LogP contribution in [-0.2, 0) is 4.74 Å². The first-order valence-electron chi connectivity index (χ1n) is 5.07. The normalized spacial score (nSPS) is 9.68. The summed E-state index contributed by atoms with van der Waals surface area (Å²) in [5.74, 6) is -1.11. The van der Waals surface area contributed by atoms with Crippen LogP contribution < -0.4 is 14.2 Å². The number of esters is 1. The third-order valence-corrected chi connectivity index (χ3v) is 2.39. The summed E-state index contributed by atoms with van der Waals surface area (Å²) in [5.41, 5.74) is -0.612. The van der Waals surface area contributed by atoms with Crippen molar-refractivity contribution >= 4 is 11.7 Å². The molecule has 104 valence electrons. The van der Waals surface area contributed by atoms with E-state index < -0.39 is 16.6 Å². The molecule has 1 aromatic rings. The van der Waals surface area contributed by atoms with Crippen LogP contribution >= 0.6 is 0 Å². The van der Waals surface area contributed by atoms with E-state index in [4.69, 9.17) is 14.2 Å². The highest BCUT2D eigenvalue weighted by Crippen LogP contribution is 2.46. The van der Waals surface area contributed by atoms with E-state index in [1.807, 2.05) is 0 Å². The van der Waals surface area contributed by atoms with E-state index in [0.29, 0.717) is 0 Å². The zero-order valence-corrected chi connectivity index (χ0v) is 10.9. The van der Waals surface area contributed by atoms with E-state index in [2.05, 4.69) is 4.74 Å². The van der Waals surface area contributed by atoms with Crippen LogP contribution in [0.5, 0.6) is 17.2 Å². The maximum Gasteiger partial charge on any atom is 0.357 e. The van der Waals surface area contributed by atoms with Gasteiger partial charge in [0.05, 0.1) is 33.4 Å². The lowest BCUT2D eigenvalue weighted by Gasteiger charge is -2.13. The number of nitro groups is 1. The lowest BCUT2D eigenvalue weighted by Crippen LogP contribution is -2.08. The molecule has 8 nitrogen and oxygen atoms in total. The van der Waals surface area contributed by atoms with Gasteiger partial charge in [-0.1, -0.05) is 0 Å². The minimum Gasteiger partial charge on any atom is -0.493 e. The van der Waals surface area contributed by atoms with Crippen molar-refractivity contribution in [1.29, 1.82) is 0 Å². The Labute approximate surface area is 109 Å². The summed E-state index contributed by atoms with van der Waals surface area (Å²) in [6, 6.07) is 1.26. The summed E-state index contributed by atoms with van der Waals surface area (Å²) in [7, 11) is 4.92. The largest absolute Gasteiger partial charge is 0.493 e. The maximum atomic E-state index is 11.6.